The average Bonchev–Trinajstić information content (AvgIpc) is 2.35. The second kappa shape index (κ2) is 4.07. The van der Waals surface area contributed by atoms with Gasteiger partial charge < -0.3 is 5.73 Å². The number of thiophene rings is 1. The zero-order chi connectivity index (χ0) is 8.97. The van der Waals surface area contributed by atoms with E-state index in [1.807, 2.05) is 12.1 Å². The molecular formula is C9H11NOS. The van der Waals surface area contributed by atoms with Crippen molar-refractivity contribution in [3.05, 3.63) is 28.0 Å². The molecule has 0 unspecified atom stereocenters. The van der Waals surface area contributed by atoms with Crippen molar-refractivity contribution in [2.75, 3.05) is 0 Å². The molecule has 0 aliphatic carbocycles. The number of rotatable bonds is 3. The second-order valence-corrected chi connectivity index (χ2v) is 3.84. The Balaban J connectivity index is 2.52. The predicted molar refractivity (Wildman–Crippen MR) is 51.9 cm³/mol. The number of carbonyl (C=O) groups excluding carboxylic acids is 1. The zero-order valence-corrected chi connectivity index (χ0v) is 7.73. The third kappa shape index (κ3) is 2.88. The van der Waals surface area contributed by atoms with E-state index in [4.69, 9.17) is 5.73 Å². The van der Waals surface area contributed by atoms with Crippen LogP contribution < -0.4 is 5.73 Å². The number of primary amides is 1. The van der Waals surface area contributed by atoms with Gasteiger partial charge in [-0.05, 0) is 25.1 Å². The maximum Gasteiger partial charge on any atom is 0.221 e. The minimum Gasteiger partial charge on any atom is -0.369 e. The molecule has 0 fully saturated rings. The predicted octanol–water partition coefficient (Wildman–Crippen LogP) is 1.95. The molecule has 12 heavy (non-hydrogen) atoms. The van der Waals surface area contributed by atoms with Gasteiger partial charge in [-0.1, -0.05) is 6.08 Å². The topological polar surface area (TPSA) is 43.1 Å². The Hall–Kier alpha value is -1.09. The summed E-state index contributed by atoms with van der Waals surface area (Å²) in [7, 11) is 0. The Morgan fingerprint density at radius 1 is 1.67 bits per heavy atom. The molecule has 1 rings (SSSR count). The number of hydrogen-bond donors (Lipinski definition) is 1. The van der Waals surface area contributed by atoms with Gasteiger partial charge in [0.05, 0.1) is 0 Å². The monoisotopic (exact) mass is 181 g/mol. The van der Waals surface area contributed by atoms with Crippen LogP contribution in [0.25, 0.3) is 6.08 Å². The molecule has 2 N–H and O–H groups in total. The molecule has 0 aliphatic heterocycles. The second-order valence-electron chi connectivity index (χ2n) is 2.52. The van der Waals surface area contributed by atoms with E-state index in [1.165, 1.54) is 4.88 Å². The highest BCUT2D eigenvalue weighted by atomic mass is 32.1. The Bertz CT molecular complexity index is 301. The van der Waals surface area contributed by atoms with Crippen LogP contribution in [0.4, 0.5) is 0 Å². The quantitative estimate of drug-likeness (QED) is 0.761. The van der Waals surface area contributed by atoms with Gasteiger partial charge in [0.15, 0.2) is 0 Å². The van der Waals surface area contributed by atoms with Crippen LogP contribution in [-0.2, 0) is 4.79 Å². The van der Waals surface area contributed by atoms with Crippen LogP contribution in [0.1, 0.15) is 16.2 Å². The smallest absolute Gasteiger partial charge is 0.221 e. The van der Waals surface area contributed by atoms with Crippen molar-refractivity contribution < 1.29 is 4.79 Å². The average molecular weight is 181 g/mol. The Morgan fingerprint density at radius 3 is 2.92 bits per heavy atom. The number of carbonyl (C=O) groups is 1. The molecule has 1 amide bonds. The van der Waals surface area contributed by atoms with Crippen LogP contribution in [0.15, 0.2) is 18.2 Å². The summed E-state index contributed by atoms with van der Waals surface area (Å²) in [6, 6.07) is 4.08. The van der Waals surface area contributed by atoms with Crippen LogP contribution in [-0.4, -0.2) is 5.91 Å². The van der Waals surface area contributed by atoms with Gasteiger partial charge in [0, 0.05) is 16.2 Å². The van der Waals surface area contributed by atoms with E-state index in [-0.39, 0.29) is 5.91 Å². The number of amides is 1. The minimum absolute atomic E-state index is 0.292. The van der Waals surface area contributed by atoms with E-state index in [1.54, 1.807) is 17.4 Å². The van der Waals surface area contributed by atoms with Gasteiger partial charge in [-0.15, -0.1) is 11.3 Å². The van der Waals surface area contributed by atoms with Gasteiger partial charge in [-0.3, -0.25) is 4.79 Å². The van der Waals surface area contributed by atoms with Crippen LogP contribution in [0, 0.1) is 6.92 Å². The molecule has 1 aromatic rings. The SMILES string of the molecule is Cc1ccc(C=CCC(N)=O)s1. The molecule has 1 aromatic heterocycles. The first-order valence-electron chi connectivity index (χ1n) is 3.70. The van der Waals surface area contributed by atoms with Gasteiger partial charge in [0.25, 0.3) is 0 Å². The number of aryl methyl sites for hydroxylation is 1. The number of nitrogens with two attached hydrogens (primary N) is 1. The third-order valence-electron chi connectivity index (χ3n) is 1.36. The van der Waals surface area contributed by atoms with Crippen LogP contribution in [0.3, 0.4) is 0 Å². The molecule has 0 saturated heterocycles. The highest BCUT2D eigenvalue weighted by molar-refractivity contribution is 7.12. The van der Waals surface area contributed by atoms with Crippen molar-refractivity contribution >= 4 is 23.3 Å². The van der Waals surface area contributed by atoms with E-state index < -0.39 is 0 Å². The Morgan fingerprint density at radius 2 is 2.42 bits per heavy atom. The summed E-state index contributed by atoms with van der Waals surface area (Å²) in [5, 5.41) is 0. The van der Waals surface area contributed by atoms with Gasteiger partial charge in [0.1, 0.15) is 0 Å². The fraction of sp³-hybridized carbons (Fsp3) is 0.222. The van der Waals surface area contributed by atoms with Crippen molar-refractivity contribution in [1.29, 1.82) is 0 Å². The van der Waals surface area contributed by atoms with Crippen LogP contribution in [0.2, 0.25) is 0 Å². The summed E-state index contributed by atoms with van der Waals surface area (Å²) in [5.74, 6) is -0.292. The number of hydrogen-bond acceptors (Lipinski definition) is 2. The van der Waals surface area contributed by atoms with Crippen LogP contribution >= 0.6 is 11.3 Å². The van der Waals surface area contributed by atoms with E-state index in [0.29, 0.717) is 6.42 Å². The molecule has 2 nitrogen and oxygen atoms in total. The largest absolute Gasteiger partial charge is 0.369 e. The highest BCUT2D eigenvalue weighted by Crippen LogP contribution is 2.16. The molecule has 64 valence electrons. The van der Waals surface area contributed by atoms with Gasteiger partial charge in [-0.25, -0.2) is 0 Å². The van der Waals surface area contributed by atoms with Gasteiger partial charge in [0.2, 0.25) is 5.91 Å². The van der Waals surface area contributed by atoms with Crippen molar-refractivity contribution in [3.63, 3.8) is 0 Å². The molecule has 0 atom stereocenters. The first kappa shape index (κ1) is 9.00. The molecule has 3 heteroatoms. The summed E-state index contributed by atoms with van der Waals surface area (Å²) in [6.07, 6.45) is 4.02. The lowest BCUT2D eigenvalue weighted by Gasteiger charge is -1.84. The first-order valence-corrected chi connectivity index (χ1v) is 4.51. The summed E-state index contributed by atoms with van der Waals surface area (Å²) in [6.45, 7) is 2.05. The lowest BCUT2D eigenvalue weighted by molar-refractivity contribution is -0.117. The maximum atomic E-state index is 10.4. The molecule has 0 radical (unpaired) electrons. The molecule has 0 spiro atoms. The summed E-state index contributed by atoms with van der Waals surface area (Å²) in [4.78, 5) is 12.8. The standard InChI is InChI=1S/C9H11NOS/c1-7-5-6-8(12-7)3-2-4-9(10)11/h2-3,5-6H,4H2,1H3,(H2,10,11). The summed E-state index contributed by atoms with van der Waals surface area (Å²) >= 11 is 1.70. The van der Waals surface area contributed by atoms with Crippen molar-refractivity contribution in [2.45, 2.75) is 13.3 Å². The lowest BCUT2D eigenvalue weighted by atomic mass is 10.3. The molecule has 0 bridgehead atoms. The molecular weight excluding hydrogens is 170 g/mol. The fourth-order valence-corrected chi connectivity index (χ4v) is 1.64. The van der Waals surface area contributed by atoms with Crippen molar-refractivity contribution in [2.24, 2.45) is 5.73 Å². The van der Waals surface area contributed by atoms with Gasteiger partial charge >= 0.3 is 0 Å². The third-order valence-corrected chi connectivity index (χ3v) is 2.33. The summed E-state index contributed by atoms with van der Waals surface area (Å²) < 4.78 is 0. The molecule has 1 heterocycles. The lowest BCUT2D eigenvalue weighted by Crippen LogP contribution is -2.07. The van der Waals surface area contributed by atoms with Crippen LogP contribution in [0.5, 0.6) is 0 Å². The maximum absolute atomic E-state index is 10.4. The normalized spacial score (nSPS) is 10.8. The van der Waals surface area contributed by atoms with E-state index in [9.17, 15) is 4.79 Å². The Kier molecular flexibility index (Phi) is 3.05. The first-order chi connectivity index (χ1) is 5.68. The molecule has 0 saturated carbocycles. The Labute approximate surface area is 75.7 Å². The van der Waals surface area contributed by atoms with E-state index in [2.05, 4.69) is 13.0 Å². The summed E-state index contributed by atoms with van der Waals surface area (Å²) in [5.41, 5.74) is 4.98. The van der Waals surface area contributed by atoms with Crippen molar-refractivity contribution in [3.8, 4) is 0 Å². The zero-order valence-electron chi connectivity index (χ0n) is 6.91. The highest BCUT2D eigenvalue weighted by Gasteiger charge is 1.91. The molecule has 0 aliphatic rings. The van der Waals surface area contributed by atoms with E-state index >= 15 is 0 Å². The fourth-order valence-electron chi connectivity index (χ4n) is 0.834. The molecule has 0 aromatic carbocycles. The van der Waals surface area contributed by atoms with Crippen molar-refractivity contribution in [1.82, 2.24) is 0 Å². The van der Waals surface area contributed by atoms with E-state index in [0.717, 1.165) is 4.88 Å². The minimum atomic E-state index is -0.292. The van der Waals surface area contributed by atoms with Gasteiger partial charge in [-0.2, -0.15) is 0 Å².